The summed E-state index contributed by atoms with van der Waals surface area (Å²) in [6.45, 7) is 4.83. The van der Waals surface area contributed by atoms with Crippen LogP contribution < -0.4 is 10.6 Å². The number of halogens is 1. The van der Waals surface area contributed by atoms with Crippen LogP contribution in [0.1, 0.15) is 44.1 Å². The highest BCUT2D eigenvalue weighted by Gasteiger charge is 2.49. The Balaban J connectivity index is 1.63. The summed E-state index contributed by atoms with van der Waals surface area (Å²) in [6.07, 6.45) is 2.27. The number of fused-ring (bicyclic) bond motifs is 1. The van der Waals surface area contributed by atoms with Crippen LogP contribution in [-0.4, -0.2) is 50.2 Å². The Morgan fingerprint density at radius 1 is 1.17 bits per heavy atom. The predicted molar refractivity (Wildman–Crippen MR) is 140 cm³/mol. The molecule has 1 aliphatic rings. The number of piperidine rings is 1. The summed E-state index contributed by atoms with van der Waals surface area (Å²) in [4.78, 5) is 32.4. The van der Waals surface area contributed by atoms with Gasteiger partial charge in [0.15, 0.2) is 5.78 Å². The van der Waals surface area contributed by atoms with Gasteiger partial charge in [-0.3, -0.25) is 14.3 Å². The zero-order valence-corrected chi connectivity index (χ0v) is 21.6. The summed E-state index contributed by atoms with van der Waals surface area (Å²) in [5.41, 5.74) is 3.85. The first-order valence-electron chi connectivity index (χ1n) is 12.0. The van der Waals surface area contributed by atoms with Crippen molar-refractivity contribution in [3.05, 3.63) is 81.9 Å². The first-order valence-corrected chi connectivity index (χ1v) is 12.3. The molecule has 8 nitrogen and oxygen atoms in total. The Morgan fingerprint density at radius 3 is 2.61 bits per heavy atom. The minimum Gasteiger partial charge on any atom is -0.347 e. The number of aromatic nitrogens is 4. The number of carbonyl (C=O) groups is 2. The Hall–Kier alpha value is -3.49. The summed E-state index contributed by atoms with van der Waals surface area (Å²) in [5.74, 6) is -0.343. The van der Waals surface area contributed by atoms with Gasteiger partial charge in [0.25, 0.3) is 5.91 Å². The van der Waals surface area contributed by atoms with Gasteiger partial charge in [0, 0.05) is 37.8 Å². The van der Waals surface area contributed by atoms with Crippen molar-refractivity contribution in [3.63, 3.8) is 0 Å². The fourth-order valence-electron chi connectivity index (χ4n) is 5.39. The van der Waals surface area contributed by atoms with Crippen molar-refractivity contribution in [1.82, 2.24) is 30.0 Å². The molecule has 0 saturated carbocycles. The van der Waals surface area contributed by atoms with E-state index in [1.54, 1.807) is 24.1 Å². The average Bonchev–Trinajstić information content (AvgIpc) is 3.37. The minimum absolute atomic E-state index is 0.103. The van der Waals surface area contributed by atoms with Gasteiger partial charge in [0.2, 0.25) is 0 Å². The smallest absolute Gasteiger partial charge is 0.270 e. The summed E-state index contributed by atoms with van der Waals surface area (Å²) >= 11 is 6.56. The lowest BCUT2D eigenvalue weighted by Gasteiger charge is -2.44. The average molecular weight is 505 g/mol. The van der Waals surface area contributed by atoms with Crippen LogP contribution in [0.4, 0.5) is 0 Å². The quantitative estimate of drug-likeness (QED) is 0.406. The normalized spacial score (nSPS) is 20.0. The molecule has 0 aliphatic carbocycles. The third-order valence-corrected chi connectivity index (χ3v) is 7.68. The summed E-state index contributed by atoms with van der Waals surface area (Å²) in [5, 5.41) is 11.4. The molecule has 1 saturated heterocycles. The Bertz CT molecular complexity index is 1470. The van der Waals surface area contributed by atoms with Crippen molar-refractivity contribution in [2.45, 2.75) is 31.7 Å². The Labute approximate surface area is 214 Å². The lowest BCUT2D eigenvalue weighted by molar-refractivity contribution is 0.0764. The molecule has 4 aromatic rings. The van der Waals surface area contributed by atoms with Gasteiger partial charge >= 0.3 is 0 Å². The first kappa shape index (κ1) is 24.2. The van der Waals surface area contributed by atoms with Gasteiger partial charge in [-0.05, 0) is 44.5 Å². The van der Waals surface area contributed by atoms with Crippen LogP contribution in [0.15, 0.2) is 48.8 Å². The number of amides is 1. The molecule has 2 aromatic heterocycles. The molecule has 5 rings (SSSR count). The van der Waals surface area contributed by atoms with Gasteiger partial charge in [0.05, 0.1) is 28.0 Å². The molecule has 2 atom stereocenters. The van der Waals surface area contributed by atoms with E-state index in [4.69, 9.17) is 11.6 Å². The number of imidazole rings is 1. The molecule has 9 heteroatoms. The monoisotopic (exact) mass is 504 g/mol. The van der Waals surface area contributed by atoms with Crippen LogP contribution in [0, 0.1) is 13.8 Å². The second-order valence-electron chi connectivity index (χ2n) is 9.52. The highest BCUT2D eigenvalue weighted by Crippen LogP contribution is 2.37. The number of hydrogen-bond donors (Lipinski definition) is 2. The third kappa shape index (κ3) is 3.81. The molecule has 1 amide bonds. The van der Waals surface area contributed by atoms with Gasteiger partial charge in [-0.15, -0.1) is 0 Å². The number of Topliss-reactive ketones (excluding diaryl/α,β-unsaturated/α-hetero) is 1. The van der Waals surface area contributed by atoms with E-state index in [2.05, 4.69) is 20.7 Å². The first-order chi connectivity index (χ1) is 17.2. The highest BCUT2D eigenvalue weighted by atomic mass is 35.5. The molecule has 0 spiro atoms. The number of aryl methyl sites for hydroxylation is 3. The zero-order valence-electron chi connectivity index (χ0n) is 20.8. The van der Waals surface area contributed by atoms with E-state index in [0.717, 1.165) is 22.3 Å². The van der Waals surface area contributed by atoms with Crippen molar-refractivity contribution >= 4 is 34.3 Å². The molecule has 0 unspecified atom stereocenters. The van der Waals surface area contributed by atoms with Crippen molar-refractivity contribution in [1.29, 1.82) is 0 Å². The largest absolute Gasteiger partial charge is 0.347 e. The predicted octanol–water partition coefficient (Wildman–Crippen LogP) is 3.49. The topological polar surface area (TPSA) is 93.8 Å². The van der Waals surface area contributed by atoms with Crippen LogP contribution in [0.2, 0.25) is 5.02 Å². The number of benzene rings is 2. The molecule has 0 bridgehead atoms. The van der Waals surface area contributed by atoms with E-state index < -0.39 is 11.5 Å². The van der Waals surface area contributed by atoms with Crippen LogP contribution in [0.3, 0.4) is 0 Å². The van der Waals surface area contributed by atoms with Crippen molar-refractivity contribution in [2.24, 2.45) is 14.1 Å². The number of ketones is 1. The van der Waals surface area contributed by atoms with E-state index >= 15 is 0 Å². The fourth-order valence-corrected chi connectivity index (χ4v) is 5.65. The molecule has 2 aromatic carbocycles. The Kier molecular flexibility index (Phi) is 6.18. The molecule has 1 fully saturated rings. The van der Waals surface area contributed by atoms with Gasteiger partial charge in [-0.1, -0.05) is 41.9 Å². The maximum Gasteiger partial charge on any atom is 0.270 e. The van der Waals surface area contributed by atoms with E-state index in [1.807, 2.05) is 61.9 Å². The fraction of sp³-hybridized carbons (Fsp3) is 0.333. The molecule has 36 heavy (non-hydrogen) atoms. The summed E-state index contributed by atoms with van der Waals surface area (Å²) < 4.78 is 3.45. The molecule has 3 heterocycles. The van der Waals surface area contributed by atoms with Crippen molar-refractivity contribution in [3.8, 4) is 0 Å². The lowest BCUT2D eigenvalue weighted by atomic mass is 9.66. The van der Waals surface area contributed by atoms with Gasteiger partial charge in [-0.2, -0.15) is 5.10 Å². The van der Waals surface area contributed by atoms with Crippen molar-refractivity contribution < 1.29 is 9.59 Å². The summed E-state index contributed by atoms with van der Waals surface area (Å²) in [7, 11) is 3.63. The standard InChI is InChI=1S/C27H29ClN6O2/c1-16-17(2)32-34(4)24(16)26(36)31-22-10-11-29-14-27(22,19-8-6-5-7-9-19)25(35)18-12-20(28)23-21(13-18)33(3)15-30-23/h5-9,12-13,15,22,29H,10-11,14H2,1-4H3,(H,31,36)/t22-,27-/m1/s1. The van der Waals surface area contributed by atoms with E-state index in [0.29, 0.717) is 41.3 Å². The second kappa shape index (κ2) is 9.19. The molecular weight excluding hydrogens is 476 g/mol. The molecular formula is C27H29ClN6O2. The number of carbonyl (C=O) groups excluding carboxylic acids is 2. The molecule has 186 valence electrons. The SMILES string of the molecule is Cc1nn(C)c(C(=O)N[C@@H]2CCNC[C@@]2(C(=O)c2cc(Cl)c3ncn(C)c3c2)c2ccccc2)c1C. The molecule has 1 aliphatic heterocycles. The van der Waals surface area contributed by atoms with Crippen LogP contribution in [0.5, 0.6) is 0 Å². The van der Waals surface area contributed by atoms with Gasteiger partial charge < -0.3 is 15.2 Å². The third-order valence-electron chi connectivity index (χ3n) is 7.39. The maximum atomic E-state index is 14.5. The van der Waals surface area contributed by atoms with Crippen LogP contribution in [-0.2, 0) is 19.5 Å². The summed E-state index contributed by atoms with van der Waals surface area (Å²) in [6, 6.07) is 12.7. The molecule has 0 radical (unpaired) electrons. The second-order valence-corrected chi connectivity index (χ2v) is 9.93. The van der Waals surface area contributed by atoms with Gasteiger partial charge in [-0.25, -0.2) is 4.98 Å². The lowest BCUT2D eigenvalue weighted by Crippen LogP contribution is -2.63. The van der Waals surface area contributed by atoms with Crippen LogP contribution in [0.25, 0.3) is 11.0 Å². The molecule has 2 N–H and O–H groups in total. The van der Waals surface area contributed by atoms with Crippen molar-refractivity contribution in [2.75, 3.05) is 13.1 Å². The highest BCUT2D eigenvalue weighted by molar-refractivity contribution is 6.35. The van der Waals surface area contributed by atoms with E-state index in [-0.39, 0.29) is 11.7 Å². The van der Waals surface area contributed by atoms with Crippen LogP contribution >= 0.6 is 11.6 Å². The van der Waals surface area contributed by atoms with E-state index in [1.165, 1.54) is 0 Å². The number of hydrogen-bond acceptors (Lipinski definition) is 5. The van der Waals surface area contributed by atoms with Gasteiger partial charge in [0.1, 0.15) is 11.2 Å². The number of rotatable bonds is 5. The van der Waals surface area contributed by atoms with E-state index in [9.17, 15) is 9.59 Å². The minimum atomic E-state index is -1.04. The zero-order chi connectivity index (χ0) is 25.6. The number of nitrogens with one attached hydrogen (secondary N) is 2. The Morgan fingerprint density at radius 2 is 1.92 bits per heavy atom. The maximum absolute atomic E-state index is 14.5. The number of nitrogens with zero attached hydrogens (tertiary/aromatic N) is 4.